The highest BCUT2D eigenvalue weighted by Crippen LogP contribution is 2.36. The van der Waals surface area contributed by atoms with E-state index >= 15 is 0 Å². The Morgan fingerprint density at radius 1 is 0.440 bits per heavy atom. The van der Waals surface area contributed by atoms with Crippen LogP contribution in [0, 0.1) is 0 Å². The zero-order valence-corrected chi connectivity index (χ0v) is 51.6. The summed E-state index contributed by atoms with van der Waals surface area (Å²) in [5, 5.41) is 0. The van der Waals surface area contributed by atoms with Crippen LogP contribution >= 0.6 is 0 Å². The zero-order chi connectivity index (χ0) is 56.7. The molecule has 2 fully saturated rings. The van der Waals surface area contributed by atoms with E-state index in [1.807, 2.05) is 90.1 Å². The molecule has 0 aliphatic heterocycles. The van der Waals surface area contributed by atoms with Gasteiger partial charge in [0.25, 0.3) is 0 Å². The van der Waals surface area contributed by atoms with Crippen LogP contribution in [0.3, 0.4) is 0 Å². The molecule has 2 aliphatic rings. The van der Waals surface area contributed by atoms with Crippen LogP contribution in [0.5, 0.6) is 34.5 Å². The maximum absolute atomic E-state index is 6.32. The predicted molar refractivity (Wildman–Crippen MR) is 319 cm³/mol. The Labute approximate surface area is 460 Å². The van der Waals surface area contributed by atoms with E-state index in [0.717, 1.165) is 53.8 Å². The lowest BCUT2D eigenvalue weighted by molar-refractivity contribution is 0.0483. The molecule has 75 heavy (non-hydrogen) atoms. The molecular weight excluding hydrogens is 933 g/mol. The van der Waals surface area contributed by atoms with Gasteiger partial charge in [-0.25, -0.2) is 0 Å². The van der Waals surface area contributed by atoms with E-state index in [0.29, 0.717) is 5.92 Å². The second-order valence-electron chi connectivity index (χ2n) is 23.7. The van der Waals surface area contributed by atoms with Crippen molar-refractivity contribution in [3.05, 3.63) is 108 Å². The summed E-state index contributed by atoms with van der Waals surface area (Å²) in [6.07, 6.45) is 17.6. The molecule has 0 amide bonds. The quantitative estimate of drug-likeness (QED) is 0.110. The van der Waals surface area contributed by atoms with Gasteiger partial charge in [-0.3, -0.25) is 0 Å². The molecule has 3 unspecified atom stereocenters. The molecule has 0 spiro atoms. The second-order valence-corrected chi connectivity index (χ2v) is 23.7. The SMILES string of the molecule is CCC(C)(C)c1cccc(OC2(C)CCCCC2)c1.CCC(C)Oc1ccc(OC(C)(C)C)cc1.CCC(C)Oc1cccc(OC(C)(C)C)c1.CCC(C)c1cccc(OC2(C)CCCCC2)c1.COC.COC. The van der Waals surface area contributed by atoms with Crippen molar-refractivity contribution in [1.82, 2.24) is 0 Å². The molecule has 2 aliphatic carbocycles. The standard InChI is InChI=1S/C18H28O.C17H26O.2C14H22O2.2C2H6O/c1-5-17(2,3)15-10-9-11-16(14-15)19-18(4)12-7-6-8-13-18;1-4-14(2)15-9-8-10-16(13-15)18-17(3)11-6-5-7-12-17;1-6-11(2)15-12-7-9-13(10-8-12)16-14(3,4)5;1-6-11(2)15-12-8-7-9-13(10-12)16-14(3,4)5;2*1-3-2/h9-11,14H,5-8,12-13H2,1-4H3;8-10,13-14H,4-7,11-12H2,1-3H3;2*7-11H,6H2,1-5H3;2*1-2H3. The van der Waals surface area contributed by atoms with E-state index in [1.165, 1.54) is 81.8 Å². The average Bonchev–Trinajstić information content (AvgIpc) is 3.35. The first kappa shape index (κ1) is 68.6. The first-order valence-electron chi connectivity index (χ1n) is 28.5. The van der Waals surface area contributed by atoms with Crippen molar-refractivity contribution in [3.8, 4) is 34.5 Å². The van der Waals surface area contributed by atoms with E-state index in [9.17, 15) is 0 Å². The molecule has 0 radical (unpaired) electrons. The summed E-state index contributed by atoms with van der Waals surface area (Å²) in [6.45, 7) is 36.5. The highest BCUT2D eigenvalue weighted by molar-refractivity contribution is 5.35. The molecule has 0 heterocycles. The number of hydrogen-bond donors (Lipinski definition) is 0. The molecule has 0 N–H and O–H groups in total. The maximum Gasteiger partial charge on any atom is 0.123 e. The van der Waals surface area contributed by atoms with Crippen molar-refractivity contribution in [3.63, 3.8) is 0 Å². The molecule has 0 bridgehead atoms. The third kappa shape index (κ3) is 30.2. The normalized spacial score (nSPS) is 15.9. The first-order chi connectivity index (χ1) is 35.2. The highest BCUT2D eigenvalue weighted by Gasteiger charge is 2.30. The van der Waals surface area contributed by atoms with Gasteiger partial charge in [0, 0.05) is 34.5 Å². The van der Waals surface area contributed by atoms with Crippen LogP contribution in [0.15, 0.2) is 97.1 Å². The van der Waals surface area contributed by atoms with E-state index in [-0.39, 0.29) is 40.0 Å². The van der Waals surface area contributed by atoms with Gasteiger partial charge in [-0.1, -0.05) is 91.6 Å². The Hall–Kier alpha value is -4.40. The Bertz CT molecular complexity index is 2050. The summed E-state index contributed by atoms with van der Waals surface area (Å²) in [7, 11) is 6.50. The molecule has 0 aromatic heterocycles. The average molecular weight is 1040 g/mol. The molecular formula is C67H110O8. The van der Waals surface area contributed by atoms with Gasteiger partial charge in [-0.05, 0) is 229 Å². The van der Waals surface area contributed by atoms with Crippen LogP contribution < -0.4 is 28.4 Å². The summed E-state index contributed by atoms with van der Waals surface area (Å²) in [5.41, 5.74) is 2.79. The summed E-state index contributed by atoms with van der Waals surface area (Å²) >= 11 is 0. The van der Waals surface area contributed by atoms with Gasteiger partial charge in [0.1, 0.15) is 56.9 Å². The number of hydrogen-bond acceptors (Lipinski definition) is 8. The van der Waals surface area contributed by atoms with E-state index in [1.54, 1.807) is 28.4 Å². The maximum atomic E-state index is 6.32. The van der Waals surface area contributed by atoms with E-state index in [4.69, 9.17) is 28.4 Å². The van der Waals surface area contributed by atoms with Gasteiger partial charge in [0.05, 0.1) is 12.2 Å². The Kier molecular flexibility index (Phi) is 32.1. The molecule has 0 saturated heterocycles. The smallest absolute Gasteiger partial charge is 0.123 e. The lowest BCUT2D eigenvalue weighted by Crippen LogP contribution is -2.34. The molecule has 4 aromatic rings. The van der Waals surface area contributed by atoms with Gasteiger partial charge in [0.2, 0.25) is 0 Å². The topological polar surface area (TPSA) is 73.8 Å². The van der Waals surface area contributed by atoms with Crippen molar-refractivity contribution in [2.75, 3.05) is 28.4 Å². The molecule has 8 heteroatoms. The first-order valence-corrected chi connectivity index (χ1v) is 28.5. The molecule has 426 valence electrons. The summed E-state index contributed by atoms with van der Waals surface area (Å²) in [5.74, 6) is 6.22. The minimum Gasteiger partial charge on any atom is -0.491 e. The van der Waals surface area contributed by atoms with Crippen molar-refractivity contribution in [2.45, 2.75) is 254 Å². The predicted octanol–water partition coefficient (Wildman–Crippen LogP) is 19.4. The Morgan fingerprint density at radius 2 is 0.827 bits per heavy atom. The largest absolute Gasteiger partial charge is 0.491 e. The minimum absolute atomic E-state index is 0.0488. The fourth-order valence-corrected chi connectivity index (χ4v) is 8.21. The summed E-state index contributed by atoms with van der Waals surface area (Å²) in [4.78, 5) is 0. The van der Waals surface area contributed by atoms with Crippen LogP contribution in [-0.4, -0.2) is 63.1 Å². The van der Waals surface area contributed by atoms with Crippen LogP contribution in [0.2, 0.25) is 0 Å². The summed E-state index contributed by atoms with van der Waals surface area (Å²) in [6, 6.07) is 33.0. The zero-order valence-electron chi connectivity index (χ0n) is 51.6. The number of methoxy groups -OCH3 is 2. The van der Waals surface area contributed by atoms with Gasteiger partial charge >= 0.3 is 0 Å². The third-order valence-electron chi connectivity index (χ3n) is 13.4. The van der Waals surface area contributed by atoms with E-state index in [2.05, 4.69) is 134 Å². The summed E-state index contributed by atoms with van der Waals surface area (Å²) < 4.78 is 44.0. The highest BCUT2D eigenvalue weighted by atomic mass is 16.5. The molecule has 8 nitrogen and oxygen atoms in total. The Balaban J connectivity index is 0.000000483. The monoisotopic (exact) mass is 1040 g/mol. The van der Waals surface area contributed by atoms with Crippen LogP contribution in [-0.2, 0) is 14.9 Å². The fraction of sp³-hybridized carbons (Fsp3) is 0.642. The van der Waals surface area contributed by atoms with Crippen molar-refractivity contribution in [2.24, 2.45) is 0 Å². The van der Waals surface area contributed by atoms with Crippen molar-refractivity contribution < 1.29 is 37.9 Å². The van der Waals surface area contributed by atoms with E-state index < -0.39 is 0 Å². The van der Waals surface area contributed by atoms with Crippen LogP contribution in [0.4, 0.5) is 0 Å². The second kappa shape index (κ2) is 35.1. The van der Waals surface area contributed by atoms with Crippen molar-refractivity contribution in [1.29, 1.82) is 0 Å². The van der Waals surface area contributed by atoms with Crippen LogP contribution in [0.25, 0.3) is 0 Å². The number of rotatable bonds is 16. The minimum atomic E-state index is -0.172. The molecule has 2 saturated carbocycles. The van der Waals surface area contributed by atoms with Crippen LogP contribution in [0.1, 0.15) is 225 Å². The lowest BCUT2D eigenvalue weighted by Gasteiger charge is -2.35. The van der Waals surface area contributed by atoms with Gasteiger partial charge in [0.15, 0.2) is 0 Å². The van der Waals surface area contributed by atoms with Gasteiger partial charge in [-0.2, -0.15) is 0 Å². The van der Waals surface area contributed by atoms with Gasteiger partial charge < -0.3 is 37.9 Å². The van der Waals surface area contributed by atoms with Gasteiger partial charge in [-0.15, -0.1) is 0 Å². The number of benzene rings is 4. The molecule has 6 rings (SSSR count). The molecule has 4 aromatic carbocycles. The van der Waals surface area contributed by atoms with Crippen molar-refractivity contribution >= 4 is 0 Å². The third-order valence-corrected chi connectivity index (χ3v) is 13.4. The fourth-order valence-electron chi connectivity index (χ4n) is 8.21. The molecule has 3 atom stereocenters. The Morgan fingerprint density at radius 3 is 1.27 bits per heavy atom. The number of ether oxygens (including phenoxy) is 8. The lowest BCUT2D eigenvalue weighted by atomic mass is 9.82.